The normalized spacial score (nSPS) is 50.8. The first-order valence-corrected chi connectivity index (χ1v) is 8.82. The lowest BCUT2D eigenvalue weighted by molar-refractivity contribution is -0.115. The van der Waals surface area contributed by atoms with Crippen molar-refractivity contribution in [2.24, 2.45) is 11.8 Å². The quantitative estimate of drug-likeness (QED) is 0.698. The van der Waals surface area contributed by atoms with Crippen LogP contribution in [0.1, 0.15) is 40.5 Å². The van der Waals surface area contributed by atoms with Gasteiger partial charge in [0.2, 0.25) is 0 Å². The van der Waals surface area contributed by atoms with Gasteiger partial charge in [-0.15, -0.1) is 0 Å². The molecule has 0 aromatic carbocycles. The Bertz CT molecular complexity index is 391. The summed E-state index contributed by atoms with van der Waals surface area (Å²) in [4.78, 5) is 0. The first-order chi connectivity index (χ1) is 11.4. The van der Waals surface area contributed by atoms with Crippen LogP contribution in [0, 0.1) is 11.8 Å². The van der Waals surface area contributed by atoms with Crippen LogP contribution in [0.5, 0.6) is 0 Å². The molecule has 0 saturated carbocycles. The first-order valence-electron chi connectivity index (χ1n) is 8.82. The summed E-state index contributed by atoms with van der Waals surface area (Å²) < 4.78 is 22.4. The number of fused-ring (bicyclic) bond motifs is 4. The molecule has 2 unspecified atom stereocenters. The third kappa shape index (κ3) is 3.13. The molecule has 4 aliphatic rings. The van der Waals surface area contributed by atoms with Crippen molar-refractivity contribution in [1.29, 1.82) is 0 Å². The molecule has 0 aliphatic carbocycles. The van der Waals surface area contributed by atoms with Crippen LogP contribution in [0.4, 0.5) is 0 Å². The van der Waals surface area contributed by atoms with E-state index in [1.54, 1.807) is 0 Å². The van der Waals surface area contributed by atoms with Gasteiger partial charge in [-0.25, -0.2) is 0 Å². The van der Waals surface area contributed by atoms with Gasteiger partial charge < -0.3 is 18.9 Å². The summed E-state index contributed by atoms with van der Waals surface area (Å²) in [5.74, 6) is 0.921. The fraction of sp³-hybridized carbons (Fsp3) is 1.00. The summed E-state index contributed by atoms with van der Waals surface area (Å²) in [5, 5.41) is 0. The second kappa shape index (κ2) is 7.77. The Hall–Kier alpha value is 0.0997. The van der Waals surface area contributed by atoms with Crippen LogP contribution in [0.15, 0.2) is 0 Å². The Morgan fingerprint density at radius 1 is 0.792 bits per heavy atom. The molecule has 126 valence electrons. The van der Waals surface area contributed by atoms with E-state index in [2.05, 4.69) is 43.2 Å². The Kier molecular flexibility index (Phi) is 6.61. The van der Waals surface area contributed by atoms with Gasteiger partial charge in [0.25, 0.3) is 0 Å². The van der Waals surface area contributed by atoms with Crippen LogP contribution >= 0.6 is 0 Å². The van der Waals surface area contributed by atoms with Gasteiger partial charge in [0, 0.05) is 39.3 Å². The second-order valence-corrected chi connectivity index (χ2v) is 7.13. The lowest BCUT2D eigenvalue weighted by Crippen LogP contribution is -2.37. The maximum Gasteiger partial charge on any atom is 0.112 e. The van der Waals surface area contributed by atoms with Gasteiger partial charge >= 0.3 is 0 Å². The molecule has 24 heavy (non-hydrogen) atoms. The van der Waals surface area contributed by atoms with E-state index in [9.17, 15) is 0 Å². The first kappa shape index (κ1) is 20.4. The zero-order chi connectivity index (χ0) is 18.1. The average Bonchev–Trinajstić information content (AvgIpc) is 3.25. The zero-order valence-corrected chi connectivity index (χ0v) is 15.2. The summed E-state index contributed by atoms with van der Waals surface area (Å²) in [6, 6.07) is -0.391. The Morgan fingerprint density at radius 3 is 1.25 bits per heavy atom. The van der Waals surface area contributed by atoms with Crippen LogP contribution in [-0.4, -0.2) is 79.8 Å². The molecule has 0 amide bonds. The van der Waals surface area contributed by atoms with E-state index < -0.39 is 0 Å². The highest BCUT2D eigenvalue weighted by Gasteiger charge is 2.56. The minimum absolute atomic E-state index is 0.0654. The van der Waals surface area contributed by atoms with Crippen molar-refractivity contribution in [2.45, 2.75) is 76.0 Å². The van der Waals surface area contributed by atoms with Crippen molar-refractivity contribution < 1.29 is 18.9 Å². The fourth-order valence-corrected chi connectivity index (χ4v) is 4.36. The molecule has 4 nitrogen and oxygen atoms in total. The van der Waals surface area contributed by atoms with Crippen LogP contribution in [0.25, 0.3) is 0 Å². The van der Waals surface area contributed by atoms with Gasteiger partial charge in [-0.3, -0.25) is 0 Å². The average molecular weight is 326 g/mol. The SMILES string of the molecule is [B][B].[B][C@@H]1O[C@@]2(CC)CO[C@H]1C2C.[B][C@@H]1O[C@]2(CC)CO[C@@H]1C2C. The number of rotatable bonds is 2. The molecule has 0 spiro atoms. The predicted octanol–water partition coefficient (Wildman–Crippen LogP) is 0.628. The smallest absolute Gasteiger partial charge is 0.112 e. The van der Waals surface area contributed by atoms with Crippen molar-refractivity contribution in [3.8, 4) is 0 Å². The summed E-state index contributed by atoms with van der Waals surface area (Å²) >= 11 is 0. The van der Waals surface area contributed by atoms with E-state index in [1.807, 2.05) is 0 Å². The summed E-state index contributed by atoms with van der Waals surface area (Å²) in [6.45, 7) is 10.0. The van der Waals surface area contributed by atoms with Gasteiger partial charge in [-0.2, -0.15) is 0 Å². The molecule has 4 saturated heterocycles. The molecule has 8 radical (unpaired) electrons. The summed E-state index contributed by atoms with van der Waals surface area (Å²) in [6.07, 6.45) is 2.27. The molecule has 0 aromatic rings. The Labute approximate surface area is 151 Å². The molecule has 4 fully saturated rings. The number of ether oxygens (including phenoxy) is 4. The van der Waals surface area contributed by atoms with Crippen LogP contribution in [0.3, 0.4) is 0 Å². The van der Waals surface area contributed by atoms with Crippen molar-refractivity contribution >= 4 is 31.2 Å². The molecule has 4 rings (SSSR count). The second-order valence-electron chi connectivity index (χ2n) is 7.13. The Balaban J connectivity index is 0.000000158. The molecular formula is C16H26B4O4. The highest BCUT2D eigenvalue weighted by molar-refractivity contribution is 6.75. The highest BCUT2D eigenvalue weighted by atomic mass is 16.6. The predicted molar refractivity (Wildman–Crippen MR) is 96.6 cm³/mol. The van der Waals surface area contributed by atoms with Gasteiger partial charge in [0.05, 0.1) is 36.6 Å². The monoisotopic (exact) mass is 326 g/mol. The maximum absolute atomic E-state index is 5.72. The third-order valence-electron chi connectivity index (χ3n) is 6.27. The third-order valence-corrected chi connectivity index (χ3v) is 6.27. The lowest BCUT2D eigenvalue weighted by atomic mass is 9.81. The van der Waals surface area contributed by atoms with E-state index >= 15 is 0 Å². The molecule has 8 heteroatoms. The van der Waals surface area contributed by atoms with Gasteiger partial charge in [-0.1, -0.05) is 27.7 Å². The van der Waals surface area contributed by atoms with E-state index in [1.165, 1.54) is 0 Å². The summed E-state index contributed by atoms with van der Waals surface area (Å²) in [7, 11) is 19.4. The van der Waals surface area contributed by atoms with Crippen LogP contribution in [-0.2, 0) is 18.9 Å². The standard InChI is InChI=1S/2C8H13BO2.B2/c2*1-3-8-4-10-6(5(8)2)7(9)11-8;1-2/h2*5-7H,3-4H2,1-2H3;/t5?,6-,7+,8-;5?,6-,7-,8-;/m01./s1. The van der Waals surface area contributed by atoms with Crippen molar-refractivity contribution in [3.05, 3.63) is 0 Å². The van der Waals surface area contributed by atoms with E-state index in [-0.39, 0.29) is 35.4 Å². The van der Waals surface area contributed by atoms with Crippen molar-refractivity contribution in [2.75, 3.05) is 13.2 Å². The van der Waals surface area contributed by atoms with E-state index in [4.69, 9.17) is 34.6 Å². The van der Waals surface area contributed by atoms with E-state index in [0.717, 1.165) is 26.1 Å². The minimum Gasteiger partial charge on any atom is -0.376 e. The van der Waals surface area contributed by atoms with E-state index in [0.29, 0.717) is 11.8 Å². The molecule has 4 aliphatic heterocycles. The van der Waals surface area contributed by atoms with Gasteiger partial charge in [0.15, 0.2) is 0 Å². The largest absolute Gasteiger partial charge is 0.376 e. The van der Waals surface area contributed by atoms with Crippen LogP contribution in [0.2, 0.25) is 0 Å². The molecular weight excluding hydrogens is 299 g/mol. The number of hydrogen-bond acceptors (Lipinski definition) is 4. The molecule has 0 N–H and O–H groups in total. The van der Waals surface area contributed by atoms with Crippen molar-refractivity contribution in [3.63, 3.8) is 0 Å². The highest BCUT2D eigenvalue weighted by Crippen LogP contribution is 2.46. The molecule has 8 atom stereocenters. The van der Waals surface area contributed by atoms with Crippen molar-refractivity contribution in [1.82, 2.24) is 0 Å². The fourth-order valence-electron chi connectivity index (χ4n) is 4.36. The Morgan fingerprint density at radius 2 is 1.12 bits per heavy atom. The number of hydrogen-bond donors (Lipinski definition) is 0. The molecule has 4 heterocycles. The topological polar surface area (TPSA) is 36.9 Å². The van der Waals surface area contributed by atoms with Crippen LogP contribution < -0.4 is 0 Å². The lowest BCUT2D eigenvalue weighted by Gasteiger charge is -2.29. The molecule has 4 bridgehead atoms. The van der Waals surface area contributed by atoms with Gasteiger partial charge in [0.1, 0.15) is 15.7 Å². The maximum atomic E-state index is 5.72. The zero-order valence-electron chi connectivity index (χ0n) is 15.2. The minimum atomic E-state index is -0.196. The van der Waals surface area contributed by atoms with Gasteiger partial charge in [-0.05, 0) is 12.8 Å². The summed E-state index contributed by atoms with van der Waals surface area (Å²) in [5.41, 5.74) is -0.131. The molecule has 0 aromatic heterocycles.